The molecule has 0 aliphatic heterocycles. The maximum Gasteiger partial charge on any atom is 2.00 e. The summed E-state index contributed by atoms with van der Waals surface area (Å²) in [5.74, 6) is 0. The third kappa shape index (κ3) is 457. The second kappa shape index (κ2) is 31.1. The van der Waals surface area contributed by atoms with Crippen LogP contribution >= 0.6 is 0 Å². The quantitative estimate of drug-likeness (QED) is 0.479. The largest absolute Gasteiger partial charge is 2.00 e. The topological polar surface area (TPSA) is 47.6 Å². The van der Waals surface area contributed by atoms with E-state index in [1.807, 2.05) is 0 Å². The van der Waals surface area contributed by atoms with Gasteiger partial charge in [-0.05, 0) is 0 Å². The number of hydrogen-bond donors (Lipinski definition) is 0. The van der Waals surface area contributed by atoms with Gasteiger partial charge in [0.05, 0.1) is 0 Å². The Morgan fingerprint density at radius 1 is 1.00 bits per heavy atom. The third-order valence-corrected chi connectivity index (χ3v) is 0. The molecule has 2 N–H and O–H groups in total. The number of hydrogen-bond acceptors (Lipinski definition) is 0. The van der Waals surface area contributed by atoms with E-state index in [0.29, 0.717) is 13.1 Å². The van der Waals surface area contributed by atoms with Gasteiger partial charge < -0.3 is 11.5 Å². The molecule has 3 heteroatoms. The average molecular weight is 154 g/mol. The molecule has 0 bridgehead atoms. The van der Waals surface area contributed by atoms with Gasteiger partial charge in [-0.3, -0.25) is 0 Å². The second-order valence-corrected chi connectivity index (χ2v) is 0.707. The van der Waals surface area contributed by atoms with E-state index < -0.39 is 0 Å². The van der Waals surface area contributed by atoms with Crippen molar-refractivity contribution in [2.75, 3.05) is 13.1 Å². The normalized spacial score (nSPS) is 5.14. The van der Waals surface area contributed by atoms with Crippen molar-refractivity contribution in [3.05, 3.63) is 11.5 Å². The molecule has 0 fully saturated rings. The predicted molar refractivity (Wildman–Crippen MR) is 29.7 cm³/mol. The van der Waals surface area contributed by atoms with E-state index in [9.17, 15) is 0 Å². The molecule has 0 aromatic rings. The van der Waals surface area contributed by atoms with Crippen molar-refractivity contribution in [1.29, 1.82) is 0 Å². The summed E-state index contributed by atoms with van der Waals surface area (Å²) in [6, 6.07) is 0. The minimum absolute atomic E-state index is 0. The van der Waals surface area contributed by atoms with Gasteiger partial charge in [0, 0.05) is 0 Å². The zero-order valence-corrected chi connectivity index (χ0v) is 8.09. The van der Waals surface area contributed by atoms with Crippen LogP contribution in [0.15, 0.2) is 0 Å². The van der Waals surface area contributed by atoms with Crippen molar-refractivity contribution in [2.24, 2.45) is 0 Å². The molecule has 0 saturated heterocycles. The zero-order valence-electron chi connectivity index (χ0n) is 5.12. The molecule has 2 nitrogen and oxygen atoms in total. The van der Waals surface area contributed by atoms with Gasteiger partial charge in [0.1, 0.15) is 0 Å². The van der Waals surface area contributed by atoms with Crippen LogP contribution in [0, 0.1) is 0 Å². The van der Waals surface area contributed by atoms with Gasteiger partial charge in [-0.1, -0.05) is 13.8 Å². The fourth-order valence-electron chi connectivity index (χ4n) is 0. The minimum Gasteiger partial charge on any atom is -0.678 e. The number of nitrogens with one attached hydrogen (secondary N) is 2. The molecule has 0 spiro atoms. The zero-order chi connectivity index (χ0) is 5.41. The maximum absolute atomic E-state index is 6.21. The molecular weight excluding hydrogens is 141 g/mol. The van der Waals surface area contributed by atoms with E-state index in [-0.39, 0.29) is 19.5 Å². The van der Waals surface area contributed by atoms with Gasteiger partial charge in [0.2, 0.25) is 0 Å². The van der Waals surface area contributed by atoms with Crippen LogP contribution < -0.4 is 0 Å². The monoisotopic (exact) mass is 152 g/mol. The Bertz CT molecular complexity index is 11.7. The maximum atomic E-state index is 6.21. The summed E-state index contributed by atoms with van der Waals surface area (Å²) in [4.78, 5) is 0. The van der Waals surface area contributed by atoms with Gasteiger partial charge in [-0.15, -0.1) is 0 Å². The Balaban J connectivity index is -0.0000000400. The first kappa shape index (κ1) is 15.6. The van der Waals surface area contributed by atoms with Crippen molar-refractivity contribution in [3.63, 3.8) is 0 Å². The summed E-state index contributed by atoms with van der Waals surface area (Å²) in [6.07, 6.45) is 0. The van der Waals surface area contributed by atoms with E-state index in [1.165, 1.54) is 0 Å². The van der Waals surface area contributed by atoms with Crippen molar-refractivity contribution in [2.45, 2.75) is 13.8 Å². The Labute approximate surface area is 58.4 Å². The molecule has 0 saturated carbocycles. The van der Waals surface area contributed by atoms with Crippen LogP contribution in [0.25, 0.3) is 11.5 Å². The van der Waals surface area contributed by atoms with Crippen LogP contribution in [-0.4, -0.2) is 13.1 Å². The molecule has 0 radical (unpaired) electrons. The Morgan fingerprint density at radius 2 is 1.00 bits per heavy atom. The minimum atomic E-state index is 0. The van der Waals surface area contributed by atoms with E-state index >= 15 is 0 Å². The van der Waals surface area contributed by atoms with Crippen molar-refractivity contribution < 1.29 is 19.5 Å². The molecule has 0 amide bonds. The Hall–Kier alpha value is 0.543. The molecule has 7 heavy (non-hydrogen) atoms. The molecule has 0 rings (SSSR count). The van der Waals surface area contributed by atoms with Crippen molar-refractivity contribution >= 4 is 0 Å². The van der Waals surface area contributed by atoms with Crippen LogP contribution in [0.5, 0.6) is 0 Å². The standard InChI is InChI=1S/2C2H6N.Zn/c2*1-2-3;/h2*3H,2H2,1H3;/q2*-1;+2. The van der Waals surface area contributed by atoms with E-state index in [1.54, 1.807) is 13.8 Å². The first-order valence-electron chi connectivity index (χ1n) is 2.12. The molecule has 0 atom stereocenters. The van der Waals surface area contributed by atoms with E-state index in [2.05, 4.69) is 0 Å². The molecule has 0 aromatic heterocycles. The Kier molecular flexibility index (Phi) is 69.5. The van der Waals surface area contributed by atoms with Crippen LogP contribution in [-0.2, 0) is 19.5 Å². The average Bonchev–Trinajstić information content (AvgIpc) is 1.39. The van der Waals surface area contributed by atoms with Crippen LogP contribution in [0.4, 0.5) is 0 Å². The van der Waals surface area contributed by atoms with Crippen molar-refractivity contribution in [1.82, 2.24) is 0 Å². The van der Waals surface area contributed by atoms with Gasteiger partial charge in [0.25, 0.3) is 0 Å². The summed E-state index contributed by atoms with van der Waals surface area (Å²) < 4.78 is 0. The fourth-order valence-corrected chi connectivity index (χ4v) is 0. The summed E-state index contributed by atoms with van der Waals surface area (Å²) in [5, 5.41) is 0. The molecule has 0 unspecified atom stereocenters. The molecule has 0 aromatic carbocycles. The molecule has 0 heterocycles. The van der Waals surface area contributed by atoms with E-state index in [0.717, 1.165) is 0 Å². The summed E-state index contributed by atoms with van der Waals surface area (Å²) in [7, 11) is 0. The molecular formula is C4H12N2Zn. The molecule has 0 aliphatic rings. The van der Waals surface area contributed by atoms with Gasteiger partial charge >= 0.3 is 19.5 Å². The van der Waals surface area contributed by atoms with Crippen LogP contribution in [0.1, 0.15) is 13.8 Å². The van der Waals surface area contributed by atoms with Crippen molar-refractivity contribution in [3.8, 4) is 0 Å². The molecule has 0 aliphatic carbocycles. The fraction of sp³-hybridized carbons (Fsp3) is 1.00. The van der Waals surface area contributed by atoms with Gasteiger partial charge in [-0.2, -0.15) is 13.1 Å². The Morgan fingerprint density at radius 3 is 1.00 bits per heavy atom. The summed E-state index contributed by atoms with van der Waals surface area (Å²) >= 11 is 0. The van der Waals surface area contributed by atoms with Gasteiger partial charge in [0.15, 0.2) is 0 Å². The third-order valence-electron chi connectivity index (χ3n) is 0. The van der Waals surface area contributed by atoms with Gasteiger partial charge in [-0.25, -0.2) is 0 Å². The first-order valence-corrected chi connectivity index (χ1v) is 2.12. The van der Waals surface area contributed by atoms with Crippen LogP contribution in [0.2, 0.25) is 0 Å². The summed E-state index contributed by atoms with van der Waals surface area (Å²) in [5.41, 5.74) is 12.4. The van der Waals surface area contributed by atoms with Crippen LogP contribution in [0.3, 0.4) is 0 Å². The van der Waals surface area contributed by atoms with E-state index in [4.69, 9.17) is 11.5 Å². The SMILES string of the molecule is CC[NH-].CC[NH-].[Zn+2]. The summed E-state index contributed by atoms with van der Waals surface area (Å²) in [6.45, 7) is 4.58. The number of rotatable bonds is 0. The second-order valence-electron chi connectivity index (χ2n) is 0.707. The predicted octanol–water partition coefficient (Wildman–Crippen LogP) is 2.11. The smallest absolute Gasteiger partial charge is 0.678 e. The first-order chi connectivity index (χ1) is 2.83. The molecule has 40 valence electrons.